The molecule has 31 heavy (non-hydrogen) atoms. The topological polar surface area (TPSA) is 95.6 Å². The van der Waals surface area contributed by atoms with Crippen molar-refractivity contribution in [2.45, 2.75) is 24.8 Å². The fraction of sp³-hybridized carbons (Fsp3) is 0.130. The van der Waals surface area contributed by atoms with Crippen molar-refractivity contribution in [3.63, 3.8) is 0 Å². The molecule has 0 aliphatic heterocycles. The number of nitrogens with zero attached hydrogens (tertiary/aromatic N) is 1. The predicted molar refractivity (Wildman–Crippen MR) is 120 cm³/mol. The molecule has 0 aliphatic carbocycles. The SMILES string of the molecule is Cc1ccccc1S(=O)(=O)NC(=O)NC(C)C(=O)N(c1ccccc1)c1ccccc1. The van der Waals surface area contributed by atoms with E-state index in [0.717, 1.165) is 0 Å². The molecule has 2 N–H and O–H groups in total. The molecule has 1 unspecified atom stereocenters. The number of nitrogens with one attached hydrogen (secondary N) is 2. The van der Waals surface area contributed by atoms with Gasteiger partial charge in [-0.2, -0.15) is 0 Å². The molecule has 8 heteroatoms. The van der Waals surface area contributed by atoms with Crippen LogP contribution in [0.2, 0.25) is 0 Å². The van der Waals surface area contributed by atoms with Crippen molar-refractivity contribution < 1.29 is 18.0 Å². The first-order valence-corrected chi connectivity index (χ1v) is 11.1. The summed E-state index contributed by atoms with van der Waals surface area (Å²) in [7, 11) is -4.07. The van der Waals surface area contributed by atoms with E-state index in [4.69, 9.17) is 0 Å². The van der Waals surface area contributed by atoms with Gasteiger partial charge in [0, 0.05) is 11.4 Å². The molecule has 3 aromatic carbocycles. The van der Waals surface area contributed by atoms with Crippen LogP contribution in [0, 0.1) is 6.92 Å². The number of hydrogen-bond acceptors (Lipinski definition) is 4. The fourth-order valence-corrected chi connectivity index (χ4v) is 4.24. The van der Waals surface area contributed by atoms with Crippen molar-refractivity contribution in [2.24, 2.45) is 0 Å². The number of carbonyl (C=O) groups excluding carboxylic acids is 2. The number of rotatable bonds is 6. The third kappa shape index (κ3) is 5.29. The number of hydrogen-bond donors (Lipinski definition) is 2. The molecule has 0 saturated carbocycles. The number of carbonyl (C=O) groups is 2. The predicted octanol–water partition coefficient (Wildman–Crippen LogP) is 3.74. The first kappa shape index (κ1) is 22.0. The van der Waals surface area contributed by atoms with Crippen molar-refractivity contribution >= 4 is 33.3 Å². The van der Waals surface area contributed by atoms with Gasteiger partial charge in [0.25, 0.3) is 15.9 Å². The van der Waals surface area contributed by atoms with Crippen molar-refractivity contribution in [3.05, 3.63) is 90.5 Å². The van der Waals surface area contributed by atoms with Crippen molar-refractivity contribution in [3.8, 4) is 0 Å². The Morgan fingerprint density at radius 1 is 0.806 bits per heavy atom. The maximum atomic E-state index is 13.2. The zero-order valence-electron chi connectivity index (χ0n) is 17.1. The highest BCUT2D eigenvalue weighted by atomic mass is 32.2. The van der Waals surface area contributed by atoms with E-state index >= 15 is 0 Å². The van der Waals surface area contributed by atoms with E-state index in [1.54, 1.807) is 73.7 Å². The first-order chi connectivity index (χ1) is 14.8. The Balaban J connectivity index is 1.78. The average Bonchev–Trinajstić information content (AvgIpc) is 2.75. The Kier molecular flexibility index (Phi) is 6.71. The highest BCUT2D eigenvalue weighted by Crippen LogP contribution is 2.25. The van der Waals surface area contributed by atoms with E-state index in [1.165, 1.54) is 17.9 Å². The highest BCUT2D eigenvalue weighted by Gasteiger charge is 2.27. The molecule has 0 spiro atoms. The monoisotopic (exact) mass is 437 g/mol. The van der Waals surface area contributed by atoms with Gasteiger partial charge in [-0.3, -0.25) is 9.69 Å². The summed E-state index contributed by atoms with van der Waals surface area (Å²) in [5, 5.41) is 2.42. The van der Waals surface area contributed by atoms with Gasteiger partial charge in [-0.25, -0.2) is 17.9 Å². The van der Waals surface area contributed by atoms with E-state index in [0.29, 0.717) is 16.9 Å². The lowest BCUT2D eigenvalue weighted by atomic mass is 10.2. The molecule has 0 aromatic heterocycles. The summed E-state index contributed by atoms with van der Waals surface area (Å²) >= 11 is 0. The maximum Gasteiger partial charge on any atom is 0.329 e. The van der Waals surface area contributed by atoms with E-state index in [2.05, 4.69) is 5.32 Å². The lowest BCUT2D eigenvalue weighted by Crippen LogP contribution is -2.50. The highest BCUT2D eigenvalue weighted by molar-refractivity contribution is 7.90. The minimum Gasteiger partial charge on any atom is -0.326 e. The van der Waals surface area contributed by atoms with E-state index < -0.39 is 28.0 Å². The summed E-state index contributed by atoms with van der Waals surface area (Å²) in [6.07, 6.45) is 0. The molecule has 0 bridgehead atoms. The molecule has 0 fully saturated rings. The summed E-state index contributed by atoms with van der Waals surface area (Å²) in [6.45, 7) is 3.14. The van der Waals surface area contributed by atoms with Crippen LogP contribution in [0.5, 0.6) is 0 Å². The molecule has 0 radical (unpaired) electrons. The lowest BCUT2D eigenvalue weighted by Gasteiger charge is -2.26. The number of aryl methyl sites for hydroxylation is 1. The largest absolute Gasteiger partial charge is 0.329 e. The molecule has 0 aliphatic rings. The van der Waals surface area contributed by atoms with Gasteiger partial charge in [0.1, 0.15) is 6.04 Å². The minimum atomic E-state index is -4.07. The van der Waals surface area contributed by atoms with Gasteiger partial charge in [-0.05, 0) is 49.7 Å². The van der Waals surface area contributed by atoms with Gasteiger partial charge in [-0.1, -0.05) is 54.6 Å². The van der Waals surface area contributed by atoms with Crippen LogP contribution in [0.4, 0.5) is 16.2 Å². The molecular formula is C23H23N3O4S. The molecule has 1 atom stereocenters. The third-order valence-electron chi connectivity index (χ3n) is 4.58. The normalized spacial score (nSPS) is 11.9. The molecular weight excluding hydrogens is 414 g/mol. The van der Waals surface area contributed by atoms with Gasteiger partial charge in [-0.15, -0.1) is 0 Å². The second kappa shape index (κ2) is 9.44. The Hall–Kier alpha value is -3.65. The zero-order chi connectivity index (χ0) is 22.4. The van der Waals surface area contributed by atoms with Crippen LogP contribution in [0.3, 0.4) is 0 Å². The molecule has 3 rings (SSSR count). The van der Waals surface area contributed by atoms with Crippen LogP contribution in [0.1, 0.15) is 12.5 Å². The number of sulfonamides is 1. The number of anilines is 2. The molecule has 3 amide bonds. The number of benzene rings is 3. The summed E-state index contributed by atoms with van der Waals surface area (Å²) < 4.78 is 27.0. The Bertz CT molecular complexity index is 1130. The number of amides is 3. The number of para-hydroxylation sites is 2. The summed E-state index contributed by atoms with van der Waals surface area (Å²) in [6, 6.07) is 22.3. The fourth-order valence-electron chi connectivity index (χ4n) is 3.07. The van der Waals surface area contributed by atoms with Crippen LogP contribution in [0.15, 0.2) is 89.8 Å². The summed E-state index contributed by atoms with van der Waals surface area (Å²) in [5.41, 5.74) is 1.76. The zero-order valence-corrected chi connectivity index (χ0v) is 18.0. The van der Waals surface area contributed by atoms with Gasteiger partial charge in [0.2, 0.25) is 0 Å². The van der Waals surface area contributed by atoms with Crippen molar-refractivity contribution in [1.29, 1.82) is 0 Å². The Labute approximate surface area is 181 Å². The van der Waals surface area contributed by atoms with Crippen molar-refractivity contribution in [1.82, 2.24) is 10.0 Å². The third-order valence-corrected chi connectivity index (χ3v) is 6.07. The lowest BCUT2D eigenvalue weighted by molar-refractivity contribution is -0.119. The first-order valence-electron chi connectivity index (χ1n) is 9.62. The van der Waals surface area contributed by atoms with Crippen LogP contribution < -0.4 is 14.9 Å². The van der Waals surface area contributed by atoms with Crippen LogP contribution in [-0.2, 0) is 14.8 Å². The second-order valence-corrected chi connectivity index (χ2v) is 8.56. The molecule has 0 saturated heterocycles. The van der Waals surface area contributed by atoms with Crippen LogP contribution >= 0.6 is 0 Å². The average molecular weight is 438 g/mol. The smallest absolute Gasteiger partial charge is 0.326 e. The minimum absolute atomic E-state index is 0.000623. The Morgan fingerprint density at radius 3 is 1.81 bits per heavy atom. The molecule has 7 nitrogen and oxygen atoms in total. The molecule has 3 aromatic rings. The summed E-state index contributed by atoms with van der Waals surface area (Å²) in [4.78, 5) is 27.1. The number of urea groups is 1. The standard InChI is InChI=1S/C23H23N3O4S/c1-17-11-9-10-16-21(17)31(29,30)25-23(28)24-18(2)22(27)26(19-12-5-3-6-13-19)20-14-7-4-8-15-20/h3-16,18H,1-2H3,(H2,24,25,28). The Morgan fingerprint density at radius 2 is 1.29 bits per heavy atom. The van der Waals surface area contributed by atoms with E-state index in [1.807, 2.05) is 16.9 Å². The van der Waals surface area contributed by atoms with Crippen LogP contribution in [-0.4, -0.2) is 26.4 Å². The summed E-state index contributed by atoms with van der Waals surface area (Å²) in [5.74, 6) is -0.416. The molecule has 0 heterocycles. The quantitative estimate of drug-likeness (QED) is 0.614. The van der Waals surface area contributed by atoms with Gasteiger partial charge in [0.15, 0.2) is 0 Å². The molecule has 160 valence electrons. The van der Waals surface area contributed by atoms with Gasteiger partial charge < -0.3 is 5.32 Å². The maximum absolute atomic E-state index is 13.2. The van der Waals surface area contributed by atoms with E-state index in [9.17, 15) is 18.0 Å². The van der Waals surface area contributed by atoms with Crippen LogP contribution in [0.25, 0.3) is 0 Å². The van der Waals surface area contributed by atoms with Crippen molar-refractivity contribution in [2.75, 3.05) is 4.90 Å². The van der Waals surface area contributed by atoms with Gasteiger partial charge in [0.05, 0.1) is 4.90 Å². The van der Waals surface area contributed by atoms with Gasteiger partial charge >= 0.3 is 6.03 Å². The van der Waals surface area contributed by atoms with E-state index in [-0.39, 0.29) is 4.90 Å². The second-order valence-electron chi connectivity index (χ2n) is 6.91.